The molecule has 0 radical (unpaired) electrons. The molecule has 1 heterocycles. The van der Waals surface area contributed by atoms with Crippen LogP contribution in [0.3, 0.4) is 0 Å². The smallest absolute Gasteiger partial charge is 0.153 e. The molecule has 18 heavy (non-hydrogen) atoms. The number of rotatable bonds is 5. The predicted molar refractivity (Wildman–Crippen MR) is 69.0 cm³/mol. The first-order valence-electron chi connectivity index (χ1n) is 5.85. The molecule has 0 aliphatic heterocycles. The van der Waals surface area contributed by atoms with Crippen molar-refractivity contribution in [2.24, 2.45) is 7.05 Å². The van der Waals surface area contributed by atoms with E-state index in [1.165, 1.54) is 0 Å². The Morgan fingerprint density at radius 3 is 2.94 bits per heavy atom. The highest BCUT2D eigenvalue weighted by Gasteiger charge is 2.03. The molecule has 1 aromatic carbocycles. The van der Waals surface area contributed by atoms with Crippen LogP contribution in [-0.4, -0.2) is 22.7 Å². The van der Waals surface area contributed by atoms with Gasteiger partial charge in [0, 0.05) is 19.7 Å². The summed E-state index contributed by atoms with van der Waals surface area (Å²) in [7, 11) is 1.88. The van der Waals surface area contributed by atoms with E-state index in [2.05, 4.69) is 5.10 Å². The Morgan fingerprint density at radius 2 is 2.28 bits per heavy atom. The van der Waals surface area contributed by atoms with Gasteiger partial charge in [-0.3, -0.25) is 9.48 Å². The Labute approximate surface area is 106 Å². The maximum atomic E-state index is 10.9. The zero-order valence-corrected chi connectivity index (χ0v) is 10.6. The van der Waals surface area contributed by atoms with E-state index < -0.39 is 0 Å². The average Bonchev–Trinajstić information content (AvgIpc) is 2.77. The Hall–Kier alpha value is -2.10. The number of nitrogens with zero attached hydrogens (tertiary/aromatic N) is 2. The minimum absolute atomic E-state index is 0.537. The fourth-order valence-corrected chi connectivity index (χ4v) is 1.77. The maximum absolute atomic E-state index is 10.9. The van der Waals surface area contributed by atoms with Crippen molar-refractivity contribution in [2.45, 2.75) is 13.3 Å². The molecule has 0 aliphatic carbocycles. The summed E-state index contributed by atoms with van der Waals surface area (Å²) in [4.78, 5) is 10.9. The Morgan fingerprint density at radius 1 is 1.44 bits per heavy atom. The van der Waals surface area contributed by atoms with Crippen LogP contribution in [0.5, 0.6) is 5.75 Å². The van der Waals surface area contributed by atoms with Gasteiger partial charge in [0.1, 0.15) is 5.75 Å². The molecule has 94 valence electrons. The van der Waals surface area contributed by atoms with E-state index in [1.54, 1.807) is 4.68 Å². The molecule has 0 saturated heterocycles. The maximum Gasteiger partial charge on any atom is 0.153 e. The summed E-state index contributed by atoms with van der Waals surface area (Å²) in [5.41, 5.74) is 2.77. The summed E-state index contributed by atoms with van der Waals surface area (Å²) in [5.74, 6) is 0.638. The third-order valence-corrected chi connectivity index (χ3v) is 2.70. The van der Waals surface area contributed by atoms with E-state index in [-0.39, 0.29) is 0 Å². The number of hydrogen-bond donors (Lipinski definition) is 0. The highest BCUT2D eigenvalue weighted by molar-refractivity contribution is 5.79. The van der Waals surface area contributed by atoms with Crippen molar-refractivity contribution in [2.75, 3.05) is 6.61 Å². The molecular weight excluding hydrogens is 228 g/mol. The summed E-state index contributed by atoms with van der Waals surface area (Å²) in [6.07, 6.45) is 5.38. The first-order valence-corrected chi connectivity index (χ1v) is 5.85. The Bertz CT molecular complexity index is 546. The Balaban J connectivity index is 1.96. The molecule has 0 amide bonds. The van der Waals surface area contributed by atoms with Crippen LogP contribution in [0, 0.1) is 6.92 Å². The lowest BCUT2D eigenvalue weighted by Gasteiger charge is -2.08. The van der Waals surface area contributed by atoms with Crippen molar-refractivity contribution in [3.05, 3.63) is 47.3 Å². The number of carbonyl (C=O) groups is 1. The summed E-state index contributed by atoms with van der Waals surface area (Å²) < 4.78 is 7.39. The van der Waals surface area contributed by atoms with Gasteiger partial charge in [-0.25, -0.2) is 0 Å². The van der Waals surface area contributed by atoms with E-state index in [1.807, 2.05) is 44.6 Å². The van der Waals surface area contributed by atoms with Gasteiger partial charge in [0.05, 0.1) is 18.4 Å². The van der Waals surface area contributed by atoms with E-state index in [9.17, 15) is 4.79 Å². The number of carbonyl (C=O) groups excluding carboxylic acids is 1. The fourth-order valence-electron chi connectivity index (χ4n) is 1.77. The average molecular weight is 244 g/mol. The van der Waals surface area contributed by atoms with Gasteiger partial charge in [-0.15, -0.1) is 0 Å². The van der Waals surface area contributed by atoms with Gasteiger partial charge in [0.2, 0.25) is 0 Å². The van der Waals surface area contributed by atoms with Crippen LogP contribution in [0.4, 0.5) is 0 Å². The third kappa shape index (κ3) is 2.97. The van der Waals surface area contributed by atoms with Gasteiger partial charge in [-0.2, -0.15) is 5.10 Å². The van der Waals surface area contributed by atoms with Crippen molar-refractivity contribution in [1.29, 1.82) is 0 Å². The summed E-state index contributed by atoms with van der Waals surface area (Å²) >= 11 is 0. The second kappa shape index (κ2) is 5.49. The summed E-state index contributed by atoms with van der Waals surface area (Å²) in [6, 6.07) is 5.60. The second-order valence-corrected chi connectivity index (χ2v) is 4.28. The van der Waals surface area contributed by atoms with Crippen molar-refractivity contribution in [1.82, 2.24) is 9.78 Å². The normalized spacial score (nSPS) is 10.3. The van der Waals surface area contributed by atoms with Crippen LogP contribution < -0.4 is 4.74 Å². The number of aromatic nitrogens is 2. The van der Waals surface area contributed by atoms with Gasteiger partial charge in [-0.1, -0.05) is 11.6 Å². The molecule has 0 atom stereocenters. The molecule has 0 spiro atoms. The van der Waals surface area contributed by atoms with Crippen molar-refractivity contribution in [3.8, 4) is 5.75 Å². The lowest BCUT2D eigenvalue weighted by atomic mass is 10.1. The zero-order chi connectivity index (χ0) is 13.0. The molecular formula is C14H16N2O2. The predicted octanol–water partition coefficient (Wildman–Crippen LogP) is 2.16. The fraction of sp³-hybridized carbons (Fsp3) is 0.286. The van der Waals surface area contributed by atoms with Crippen LogP contribution in [0.25, 0.3) is 0 Å². The highest BCUT2D eigenvalue weighted by atomic mass is 16.5. The third-order valence-electron chi connectivity index (χ3n) is 2.70. The van der Waals surface area contributed by atoms with Crippen molar-refractivity contribution < 1.29 is 9.53 Å². The summed E-state index contributed by atoms with van der Waals surface area (Å²) in [5, 5.41) is 4.09. The molecule has 4 nitrogen and oxygen atoms in total. The molecule has 0 unspecified atom stereocenters. The lowest BCUT2D eigenvalue weighted by Crippen LogP contribution is -2.03. The van der Waals surface area contributed by atoms with E-state index >= 15 is 0 Å². The van der Waals surface area contributed by atoms with Crippen LogP contribution in [0.2, 0.25) is 0 Å². The van der Waals surface area contributed by atoms with Crippen LogP contribution in [0.1, 0.15) is 21.5 Å². The summed E-state index contributed by atoms with van der Waals surface area (Å²) in [6.45, 7) is 2.49. The highest BCUT2D eigenvalue weighted by Crippen LogP contribution is 2.18. The number of benzene rings is 1. The van der Waals surface area contributed by atoms with Crippen molar-refractivity contribution in [3.63, 3.8) is 0 Å². The van der Waals surface area contributed by atoms with Gasteiger partial charge < -0.3 is 4.74 Å². The van der Waals surface area contributed by atoms with E-state index in [4.69, 9.17) is 4.74 Å². The topological polar surface area (TPSA) is 44.1 Å². The van der Waals surface area contributed by atoms with E-state index in [0.717, 1.165) is 23.8 Å². The van der Waals surface area contributed by atoms with Crippen LogP contribution in [-0.2, 0) is 13.5 Å². The molecule has 2 rings (SSSR count). The monoisotopic (exact) mass is 244 g/mol. The SMILES string of the molecule is Cc1ccc(OCCc2cnn(C)c2)c(C=O)c1. The molecule has 2 aromatic rings. The first-order chi connectivity index (χ1) is 8.69. The zero-order valence-electron chi connectivity index (χ0n) is 10.6. The Kier molecular flexibility index (Phi) is 3.77. The standard InChI is InChI=1S/C14H16N2O2/c1-11-3-4-14(13(7-11)10-17)18-6-5-12-8-15-16(2)9-12/h3-4,7-10H,5-6H2,1-2H3. The molecule has 4 heteroatoms. The van der Waals surface area contributed by atoms with E-state index in [0.29, 0.717) is 17.9 Å². The minimum Gasteiger partial charge on any atom is -0.492 e. The first kappa shape index (κ1) is 12.4. The minimum atomic E-state index is 0.537. The van der Waals surface area contributed by atoms with Crippen LogP contribution >= 0.6 is 0 Å². The number of aryl methyl sites for hydroxylation is 2. The second-order valence-electron chi connectivity index (χ2n) is 4.28. The van der Waals surface area contributed by atoms with Crippen molar-refractivity contribution >= 4 is 6.29 Å². The lowest BCUT2D eigenvalue weighted by molar-refractivity contribution is 0.111. The van der Waals surface area contributed by atoms with Gasteiger partial charge in [-0.05, 0) is 24.6 Å². The molecule has 0 N–H and O–H groups in total. The molecule has 1 aromatic heterocycles. The van der Waals surface area contributed by atoms with Gasteiger partial charge >= 0.3 is 0 Å². The van der Waals surface area contributed by atoms with Gasteiger partial charge in [0.15, 0.2) is 6.29 Å². The number of ether oxygens (including phenoxy) is 1. The van der Waals surface area contributed by atoms with Gasteiger partial charge in [0.25, 0.3) is 0 Å². The largest absolute Gasteiger partial charge is 0.492 e. The quantitative estimate of drug-likeness (QED) is 0.757. The molecule has 0 bridgehead atoms. The molecule has 0 fully saturated rings. The molecule has 0 saturated carbocycles. The number of hydrogen-bond acceptors (Lipinski definition) is 3. The van der Waals surface area contributed by atoms with Crippen LogP contribution in [0.15, 0.2) is 30.6 Å². The molecule has 0 aliphatic rings. The number of aldehydes is 1.